The molecule has 0 heterocycles. The van der Waals surface area contributed by atoms with Crippen molar-refractivity contribution in [1.29, 1.82) is 0 Å². The summed E-state index contributed by atoms with van der Waals surface area (Å²) in [4.78, 5) is 21.5. The summed E-state index contributed by atoms with van der Waals surface area (Å²) in [6.45, 7) is 0. The van der Waals surface area contributed by atoms with E-state index in [2.05, 4.69) is 0 Å². The summed E-state index contributed by atoms with van der Waals surface area (Å²) in [5.41, 5.74) is 5.69. The van der Waals surface area contributed by atoms with Gasteiger partial charge in [-0.05, 0) is 12.1 Å². The highest BCUT2D eigenvalue weighted by atomic mass is 16.5. The molecule has 0 saturated carbocycles. The van der Waals surface area contributed by atoms with Gasteiger partial charge in [0.2, 0.25) is 11.5 Å². The largest absolute Gasteiger partial charge is 0.500 e. The van der Waals surface area contributed by atoms with Crippen molar-refractivity contribution in [3.05, 3.63) is 29.7 Å². The van der Waals surface area contributed by atoms with Crippen LogP contribution in [0.15, 0.2) is 24.2 Å². The molecule has 0 amide bonds. The molecule has 1 rings (SSSR count). The van der Waals surface area contributed by atoms with Crippen molar-refractivity contribution in [2.75, 3.05) is 14.2 Å². The zero-order valence-electron chi connectivity index (χ0n) is 11.8. The summed E-state index contributed by atoms with van der Waals surface area (Å²) in [7, 11) is 2.56. The second-order valence-corrected chi connectivity index (χ2v) is 3.96. The molecule has 0 fully saturated rings. The molecule has 5 N–H and O–H groups in total. The van der Waals surface area contributed by atoms with Gasteiger partial charge < -0.3 is 35.3 Å². The minimum absolute atomic E-state index is 0.00568. The molecule has 1 aromatic carbocycles. The van der Waals surface area contributed by atoms with Gasteiger partial charge in [-0.15, -0.1) is 0 Å². The third-order valence-electron chi connectivity index (χ3n) is 2.63. The third kappa shape index (κ3) is 3.58. The maximum absolute atomic E-state index is 11.0. The highest BCUT2D eigenvalue weighted by Crippen LogP contribution is 2.42. The molecule has 1 aromatic rings. The van der Waals surface area contributed by atoms with Crippen LogP contribution in [0, 0.1) is 0 Å². The fraction of sp³-hybridized carbons (Fsp3) is 0.231. The molecule has 0 saturated heterocycles. The van der Waals surface area contributed by atoms with E-state index in [4.69, 9.17) is 35.3 Å². The molecule has 0 aliphatic carbocycles. The number of nitrogens with two attached hydrogens (primary N) is 1. The Labute approximate surface area is 125 Å². The second-order valence-electron chi connectivity index (χ2n) is 3.96. The molecule has 1 unspecified atom stereocenters. The first-order valence-electron chi connectivity index (χ1n) is 5.85. The van der Waals surface area contributed by atoms with Crippen molar-refractivity contribution < 1.29 is 39.1 Å². The van der Waals surface area contributed by atoms with Gasteiger partial charge in [-0.2, -0.15) is 0 Å². The van der Waals surface area contributed by atoms with Crippen LogP contribution < -0.4 is 19.9 Å². The molecule has 0 aliphatic heterocycles. The molecule has 9 nitrogen and oxygen atoms in total. The number of aliphatic carboxylic acids is 2. The van der Waals surface area contributed by atoms with Crippen LogP contribution in [0.25, 0.3) is 0 Å². The number of hydrogen-bond acceptors (Lipinski definition) is 7. The number of methoxy groups -OCH3 is 2. The second kappa shape index (κ2) is 7.18. The first-order chi connectivity index (χ1) is 10.3. The van der Waals surface area contributed by atoms with Gasteiger partial charge in [-0.25, -0.2) is 4.79 Å². The highest BCUT2D eigenvalue weighted by molar-refractivity contribution is 5.83. The standard InChI is InChI=1S/C13H15NO8/c1-20-10-6(9(14)13(18)19)3-4-8(11(10)21-2)22-5-7(15)12(16)17/h3-5,9,15H,14H2,1-2H3,(H,16,17)(H,18,19)/b7-5-. The number of carbonyl (C=O) groups is 2. The first kappa shape index (κ1) is 17.1. The lowest BCUT2D eigenvalue weighted by atomic mass is 10.1. The van der Waals surface area contributed by atoms with Crippen LogP contribution in [0.4, 0.5) is 0 Å². The van der Waals surface area contributed by atoms with E-state index in [9.17, 15) is 9.59 Å². The average molecular weight is 313 g/mol. The first-order valence-corrected chi connectivity index (χ1v) is 5.85. The van der Waals surface area contributed by atoms with E-state index in [1.54, 1.807) is 0 Å². The van der Waals surface area contributed by atoms with Crippen molar-refractivity contribution in [3.8, 4) is 17.2 Å². The highest BCUT2D eigenvalue weighted by Gasteiger charge is 2.24. The van der Waals surface area contributed by atoms with Gasteiger partial charge in [0.05, 0.1) is 14.2 Å². The lowest BCUT2D eigenvalue weighted by Crippen LogP contribution is -2.21. The lowest BCUT2D eigenvalue weighted by molar-refractivity contribution is -0.139. The van der Waals surface area contributed by atoms with E-state index in [1.807, 2.05) is 0 Å². The summed E-state index contributed by atoms with van der Waals surface area (Å²) in [6, 6.07) is 1.30. The average Bonchev–Trinajstić information content (AvgIpc) is 2.50. The van der Waals surface area contributed by atoms with Crippen LogP contribution in [-0.4, -0.2) is 41.5 Å². The quantitative estimate of drug-likeness (QED) is 0.420. The third-order valence-corrected chi connectivity index (χ3v) is 2.63. The van der Waals surface area contributed by atoms with Crippen molar-refractivity contribution >= 4 is 11.9 Å². The Morgan fingerprint density at radius 2 is 1.73 bits per heavy atom. The van der Waals surface area contributed by atoms with Crippen LogP contribution in [0.3, 0.4) is 0 Å². The lowest BCUT2D eigenvalue weighted by Gasteiger charge is -2.17. The van der Waals surface area contributed by atoms with Gasteiger partial charge in [-0.1, -0.05) is 0 Å². The van der Waals surface area contributed by atoms with Crippen molar-refractivity contribution in [3.63, 3.8) is 0 Å². The number of aliphatic hydroxyl groups is 1. The monoisotopic (exact) mass is 313 g/mol. The van der Waals surface area contributed by atoms with Crippen molar-refractivity contribution in [2.24, 2.45) is 5.73 Å². The van der Waals surface area contributed by atoms with Crippen LogP contribution in [0.2, 0.25) is 0 Å². The van der Waals surface area contributed by atoms with Gasteiger partial charge in [0.25, 0.3) is 0 Å². The number of carboxylic acid groups (broad SMARTS) is 2. The molecule has 0 aromatic heterocycles. The molecule has 0 bridgehead atoms. The van der Waals surface area contributed by atoms with E-state index >= 15 is 0 Å². The molecular formula is C13H15NO8. The molecule has 22 heavy (non-hydrogen) atoms. The van der Waals surface area contributed by atoms with E-state index in [0.29, 0.717) is 6.26 Å². The number of rotatable bonds is 7. The van der Waals surface area contributed by atoms with Gasteiger partial charge in [0.15, 0.2) is 11.5 Å². The Balaban J connectivity index is 3.30. The smallest absolute Gasteiger partial charge is 0.374 e. The van der Waals surface area contributed by atoms with Crippen molar-refractivity contribution in [1.82, 2.24) is 0 Å². The summed E-state index contributed by atoms with van der Waals surface area (Å²) in [6.07, 6.45) is 0.594. The van der Waals surface area contributed by atoms with Gasteiger partial charge >= 0.3 is 11.9 Å². The fourth-order valence-electron chi connectivity index (χ4n) is 1.60. The number of benzene rings is 1. The number of carboxylic acids is 2. The molecule has 1 atom stereocenters. The predicted molar refractivity (Wildman–Crippen MR) is 73.1 cm³/mol. The summed E-state index contributed by atoms with van der Waals surface area (Å²) in [5, 5.41) is 26.6. The summed E-state index contributed by atoms with van der Waals surface area (Å²) in [5.74, 6) is -3.82. The number of aliphatic hydroxyl groups excluding tert-OH is 1. The normalized spacial score (nSPS) is 12.4. The summed E-state index contributed by atoms with van der Waals surface area (Å²) < 4.78 is 15.2. The van der Waals surface area contributed by atoms with Crippen molar-refractivity contribution in [2.45, 2.75) is 6.04 Å². The Kier molecular flexibility index (Phi) is 5.58. The van der Waals surface area contributed by atoms with Crippen LogP contribution >= 0.6 is 0 Å². The number of hydrogen-bond donors (Lipinski definition) is 4. The fourth-order valence-corrected chi connectivity index (χ4v) is 1.60. The molecule has 120 valence electrons. The maximum Gasteiger partial charge on any atom is 0.374 e. The van der Waals surface area contributed by atoms with Crippen LogP contribution in [0.1, 0.15) is 11.6 Å². The maximum atomic E-state index is 11.0. The summed E-state index contributed by atoms with van der Waals surface area (Å²) >= 11 is 0. The molecule has 0 aliphatic rings. The van der Waals surface area contributed by atoms with Crippen LogP contribution in [0.5, 0.6) is 17.2 Å². The zero-order chi connectivity index (χ0) is 16.9. The Bertz CT molecular complexity index is 610. The van der Waals surface area contributed by atoms with E-state index in [-0.39, 0.29) is 22.8 Å². The van der Waals surface area contributed by atoms with Gasteiger partial charge in [-0.3, -0.25) is 4.79 Å². The Hall–Kier alpha value is -2.94. The zero-order valence-corrected chi connectivity index (χ0v) is 11.8. The van der Waals surface area contributed by atoms with E-state index in [0.717, 1.165) is 0 Å². The Morgan fingerprint density at radius 1 is 1.14 bits per heavy atom. The van der Waals surface area contributed by atoms with E-state index in [1.165, 1.54) is 26.4 Å². The molecule has 0 radical (unpaired) electrons. The predicted octanol–water partition coefficient (Wildman–Crippen LogP) is 0.651. The molecule has 9 heteroatoms. The Morgan fingerprint density at radius 3 is 2.18 bits per heavy atom. The van der Waals surface area contributed by atoms with Gasteiger partial charge in [0, 0.05) is 5.56 Å². The van der Waals surface area contributed by atoms with E-state index < -0.39 is 23.7 Å². The SMILES string of the molecule is COc1c(O/C=C(\O)C(=O)O)ccc(C(N)C(=O)O)c1OC. The van der Waals surface area contributed by atoms with Crippen LogP contribution in [-0.2, 0) is 9.59 Å². The van der Waals surface area contributed by atoms with Gasteiger partial charge in [0.1, 0.15) is 12.3 Å². The number of ether oxygens (including phenoxy) is 3. The molecule has 0 spiro atoms. The molecular weight excluding hydrogens is 298 g/mol. The minimum Gasteiger partial charge on any atom is -0.500 e. The topological polar surface area (TPSA) is 149 Å². The minimum atomic E-state index is -1.57.